The van der Waals surface area contributed by atoms with E-state index in [1.165, 1.54) is 12.1 Å². The van der Waals surface area contributed by atoms with E-state index in [4.69, 9.17) is 10.00 Å². The molecule has 0 atom stereocenters. The average Bonchev–Trinajstić information content (AvgIpc) is 2.14. The molecular weight excluding hydrogens is 193 g/mol. The van der Waals surface area contributed by atoms with E-state index in [0.29, 0.717) is 17.7 Å². The third-order valence-electron chi connectivity index (χ3n) is 1.85. The van der Waals surface area contributed by atoms with Crippen molar-refractivity contribution in [2.75, 3.05) is 0 Å². The molecule has 0 saturated heterocycles. The van der Waals surface area contributed by atoms with Gasteiger partial charge in [0.15, 0.2) is 0 Å². The maximum Gasteiger partial charge on any atom is 0.124 e. The van der Waals surface area contributed by atoms with Gasteiger partial charge in [0.1, 0.15) is 5.82 Å². The van der Waals surface area contributed by atoms with Crippen molar-refractivity contribution < 1.29 is 9.13 Å². The van der Waals surface area contributed by atoms with Crippen LogP contribution in [0.3, 0.4) is 0 Å². The number of halogens is 1. The van der Waals surface area contributed by atoms with Gasteiger partial charge in [0, 0.05) is 0 Å². The van der Waals surface area contributed by atoms with Gasteiger partial charge in [-0.25, -0.2) is 4.39 Å². The summed E-state index contributed by atoms with van der Waals surface area (Å²) >= 11 is 0. The molecule has 0 unspecified atom stereocenters. The summed E-state index contributed by atoms with van der Waals surface area (Å²) in [5, 5.41) is 8.80. The second-order valence-corrected chi connectivity index (χ2v) is 4.31. The molecule has 0 saturated carbocycles. The maximum absolute atomic E-state index is 12.8. The van der Waals surface area contributed by atoms with E-state index >= 15 is 0 Å². The average molecular weight is 207 g/mol. The van der Waals surface area contributed by atoms with Crippen molar-refractivity contribution in [2.24, 2.45) is 0 Å². The fourth-order valence-electron chi connectivity index (χ4n) is 1.07. The minimum Gasteiger partial charge on any atom is -0.371 e. The molecule has 1 rings (SSSR count). The van der Waals surface area contributed by atoms with Crippen LogP contribution in [0.5, 0.6) is 0 Å². The highest BCUT2D eigenvalue weighted by Gasteiger charge is 2.12. The quantitative estimate of drug-likeness (QED) is 0.746. The molecule has 1 aromatic rings. The molecule has 0 aromatic heterocycles. The molecule has 0 heterocycles. The molecule has 0 spiro atoms. The third-order valence-corrected chi connectivity index (χ3v) is 1.85. The van der Waals surface area contributed by atoms with E-state index in [2.05, 4.69) is 0 Å². The molecule has 0 radical (unpaired) electrons. The number of hydrogen-bond donors (Lipinski definition) is 0. The predicted octanol–water partition coefficient (Wildman–Crippen LogP) is 3.01. The van der Waals surface area contributed by atoms with Gasteiger partial charge in [-0.3, -0.25) is 0 Å². The Kier molecular flexibility index (Phi) is 3.43. The molecule has 0 N–H and O–H groups in total. The minimum atomic E-state index is -0.397. The summed E-state index contributed by atoms with van der Waals surface area (Å²) in [7, 11) is 0. The lowest BCUT2D eigenvalue weighted by Crippen LogP contribution is -2.19. The van der Waals surface area contributed by atoms with Gasteiger partial charge in [-0.1, -0.05) is 6.07 Å². The molecule has 0 aliphatic rings. The van der Waals surface area contributed by atoms with E-state index in [9.17, 15) is 4.39 Å². The van der Waals surface area contributed by atoms with Crippen LogP contribution in [0.15, 0.2) is 18.2 Å². The molecule has 3 heteroatoms. The Morgan fingerprint density at radius 2 is 2.07 bits per heavy atom. The Morgan fingerprint density at radius 3 is 2.60 bits per heavy atom. The predicted molar refractivity (Wildman–Crippen MR) is 55.7 cm³/mol. The smallest absolute Gasteiger partial charge is 0.124 e. The van der Waals surface area contributed by atoms with Gasteiger partial charge in [0.25, 0.3) is 0 Å². The fraction of sp³-hybridized carbons (Fsp3) is 0.417. The van der Waals surface area contributed by atoms with Gasteiger partial charge in [0.2, 0.25) is 0 Å². The Morgan fingerprint density at radius 1 is 1.40 bits per heavy atom. The molecule has 2 nitrogen and oxygen atoms in total. The van der Waals surface area contributed by atoms with Crippen LogP contribution in [0.25, 0.3) is 0 Å². The SMILES string of the molecule is CC(C)(C)OCc1ccc(F)cc1C#N. The van der Waals surface area contributed by atoms with E-state index in [1.54, 1.807) is 6.07 Å². The molecule has 0 aliphatic heterocycles. The summed E-state index contributed by atoms with van der Waals surface area (Å²) in [4.78, 5) is 0. The van der Waals surface area contributed by atoms with E-state index in [1.807, 2.05) is 26.8 Å². The van der Waals surface area contributed by atoms with Crippen molar-refractivity contribution in [3.8, 4) is 6.07 Å². The molecule has 15 heavy (non-hydrogen) atoms. The van der Waals surface area contributed by atoms with Crippen molar-refractivity contribution in [1.82, 2.24) is 0 Å². The second-order valence-electron chi connectivity index (χ2n) is 4.31. The number of rotatable bonds is 2. The zero-order valence-electron chi connectivity index (χ0n) is 9.17. The number of ether oxygens (including phenoxy) is 1. The lowest BCUT2D eigenvalue weighted by Gasteiger charge is -2.19. The molecule has 80 valence electrons. The van der Waals surface area contributed by atoms with Crippen LogP contribution in [0.4, 0.5) is 4.39 Å². The Balaban J connectivity index is 2.82. The zero-order valence-corrected chi connectivity index (χ0v) is 9.17. The summed E-state index contributed by atoms with van der Waals surface area (Å²) in [6.07, 6.45) is 0. The first-order valence-electron chi connectivity index (χ1n) is 4.75. The molecule has 0 amide bonds. The topological polar surface area (TPSA) is 33.0 Å². The first-order valence-corrected chi connectivity index (χ1v) is 4.75. The van der Waals surface area contributed by atoms with Crippen LogP contribution < -0.4 is 0 Å². The minimum absolute atomic E-state index is 0.263. The van der Waals surface area contributed by atoms with Crippen LogP contribution >= 0.6 is 0 Å². The van der Waals surface area contributed by atoms with E-state index in [-0.39, 0.29) is 5.60 Å². The highest BCUT2D eigenvalue weighted by molar-refractivity contribution is 5.37. The zero-order chi connectivity index (χ0) is 11.5. The Bertz CT molecular complexity index is 388. The Hall–Kier alpha value is -1.40. The molecular formula is C12H14FNO. The standard InChI is InChI=1S/C12H14FNO/c1-12(2,3)15-8-9-4-5-11(13)6-10(9)7-14/h4-6H,8H2,1-3H3. The third kappa shape index (κ3) is 3.69. The highest BCUT2D eigenvalue weighted by atomic mass is 19.1. The van der Waals surface area contributed by atoms with E-state index in [0.717, 1.165) is 0 Å². The lowest BCUT2D eigenvalue weighted by atomic mass is 10.1. The molecule has 0 fully saturated rings. The van der Waals surface area contributed by atoms with Crippen molar-refractivity contribution >= 4 is 0 Å². The van der Waals surface area contributed by atoms with Crippen LogP contribution in [0.1, 0.15) is 31.9 Å². The first kappa shape index (κ1) is 11.7. The van der Waals surface area contributed by atoms with Crippen LogP contribution in [-0.2, 0) is 11.3 Å². The summed E-state index contributed by atoms with van der Waals surface area (Å²) < 4.78 is 18.3. The number of hydrogen-bond acceptors (Lipinski definition) is 2. The van der Waals surface area contributed by atoms with Crippen molar-refractivity contribution in [1.29, 1.82) is 5.26 Å². The Labute approximate surface area is 89.3 Å². The van der Waals surface area contributed by atoms with Gasteiger partial charge < -0.3 is 4.74 Å². The van der Waals surface area contributed by atoms with Crippen LogP contribution in [-0.4, -0.2) is 5.60 Å². The summed E-state index contributed by atoms with van der Waals surface area (Å²) in [6, 6.07) is 6.09. The molecule has 0 aliphatic carbocycles. The maximum atomic E-state index is 12.8. The van der Waals surface area contributed by atoms with Crippen molar-refractivity contribution in [3.63, 3.8) is 0 Å². The number of benzene rings is 1. The van der Waals surface area contributed by atoms with Crippen LogP contribution in [0.2, 0.25) is 0 Å². The molecule has 0 bridgehead atoms. The molecule has 1 aromatic carbocycles. The normalized spacial score (nSPS) is 11.1. The fourth-order valence-corrected chi connectivity index (χ4v) is 1.07. The van der Waals surface area contributed by atoms with Crippen molar-refractivity contribution in [3.05, 3.63) is 35.1 Å². The highest BCUT2D eigenvalue weighted by Crippen LogP contribution is 2.15. The van der Waals surface area contributed by atoms with Gasteiger partial charge in [0.05, 0.1) is 23.8 Å². The largest absolute Gasteiger partial charge is 0.371 e. The van der Waals surface area contributed by atoms with Crippen LogP contribution in [0, 0.1) is 17.1 Å². The van der Waals surface area contributed by atoms with E-state index < -0.39 is 5.82 Å². The van der Waals surface area contributed by atoms with Gasteiger partial charge in [-0.15, -0.1) is 0 Å². The number of nitrogens with zero attached hydrogens (tertiary/aromatic N) is 1. The van der Waals surface area contributed by atoms with Gasteiger partial charge in [-0.05, 0) is 38.5 Å². The monoisotopic (exact) mass is 207 g/mol. The summed E-state index contributed by atoms with van der Waals surface area (Å²) in [6.45, 7) is 6.13. The van der Waals surface area contributed by atoms with Gasteiger partial charge >= 0.3 is 0 Å². The lowest BCUT2D eigenvalue weighted by molar-refractivity contribution is -0.0150. The summed E-state index contributed by atoms with van der Waals surface area (Å²) in [5.41, 5.74) is 0.786. The van der Waals surface area contributed by atoms with Gasteiger partial charge in [-0.2, -0.15) is 5.26 Å². The second kappa shape index (κ2) is 4.41. The van der Waals surface area contributed by atoms with Crippen molar-refractivity contribution in [2.45, 2.75) is 33.0 Å². The number of nitriles is 1. The first-order chi connectivity index (χ1) is 6.92. The summed E-state index contributed by atoms with van der Waals surface area (Å²) in [5.74, 6) is -0.397.